The molecule has 1 fully saturated rings. The molecule has 0 radical (unpaired) electrons. The molecule has 1 unspecified atom stereocenters. The molecular weight excluding hydrogens is 360 g/mol. The third-order valence-electron chi connectivity index (χ3n) is 5.45. The molecule has 1 saturated heterocycles. The summed E-state index contributed by atoms with van der Waals surface area (Å²) < 4.78 is 32.9. The van der Waals surface area contributed by atoms with E-state index in [0.717, 1.165) is 43.8 Å². The molecule has 2 aromatic carbocycles. The summed E-state index contributed by atoms with van der Waals surface area (Å²) in [6.07, 6.45) is 3.14. The van der Waals surface area contributed by atoms with E-state index in [-0.39, 0.29) is 0 Å². The van der Waals surface area contributed by atoms with Gasteiger partial charge in [0.25, 0.3) is 0 Å². The number of piperidine rings is 1. The van der Waals surface area contributed by atoms with E-state index in [1.165, 1.54) is 11.8 Å². The van der Waals surface area contributed by atoms with Crippen LogP contribution in [0, 0.1) is 0 Å². The Labute approximate surface area is 161 Å². The molecule has 6 heteroatoms. The molecular formula is C21H26N2O3S. The lowest BCUT2D eigenvalue weighted by Crippen LogP contribution is -2.57. The Hall–Kier alpha value is -1.89. The molecule has 0 amide bonds. The molecule has 0 aliphatic carbocycles. The fraction of sp³-hybridized carbons (Fsp3) is 0.429. The van der Waals surface area contributed by atoms with E-state index < -0.39 is 15.6 Å². The molecule has 2 aliphatic rings. The average molecular weight is 387 g/mol. The molecule has 2 aromatic rings. The molecule has 2 heterocycles. The van der Waals surface area contributed by atoms with Gasteiger partial charge in [-0.2, -0.15) is 4.31 Å². The Bertz CT molecular complexity index is 901. The van der Waals surface area contributed by atoms with Gasteiger partial charge in [0.15, 0.2) is 0 Å². The number of nitrogens with zero attached hydrogens (tertiary/aromatic N) is 2. The van der Waals surface area contributed by atoms with Crippen LogP contribution >= 0.6 is 0 Å². The second-order valence-corrected chi connectivity index (χ2v) is 9.71. The van der Waals surface area contributed by atoms with Crippen molar-refractivity contribution in [2.24, 2.45) is 0 Å². The highest BCUT2D eigenvalue weighted by atomic mass is 32.2. The standard InChI is InChI=1S/C21H26N2O3S/c1-27(24,25)23-15-19-10-5-6-11-20(19)26-21(17-23)12-7-13-22(16-21)14-18-8-3-2-4-9-18/h2-6,8-11H,7,12-17H2,1H3. The summed E-state index contributed by atoms with van der Waals surface area (Å²) in [7, 11) is -3.31. The van der Waals surface area contributed by atoms with Crippen molar-refractivity contribution in [3.8, 4) is 5.75 Å². The maximum absolute atomic E-state index is 12.4. The van der Waals surface area contributed by atoms with Gasteiger partial charge in [-0.15, -0.1) is 0 Å². The number of likely N-dealkylation sites (tertiary alicyclic amines) is 1. The van der Waals surface area contributed by atoms with Crippen LogP contribution in [-0.2, 0) is 23.1 Å². The first-order valence-corrected chi connectivity index (χ1v) is 11.3. The van der Waals surface area contributed by atoms with Crippen molar-refractivity contribution in [1.29, 1.82) is 0 Å². The first kappa shape index (κ1) is 18.5. The van der Waals surface area contributed by atoms with E-state index in [1.807, 2.05) is 30.3 Å². The molecule has 0 saturated carbocycles. The lowest BCUT2D eigenvalue weighted by atomic mass is 9.92. The Morgan fingerprint density at radius 1 is 1.04 bits per heavy atom. The van der Waals surface area contributed by atoms with E-state index in [0.29, 0.717) is 13.1 Å². The summed E-state index contributed by atoms with van der Waals surface area (Å²) in [5.74, 6) is 0.810. The van der Waals surface area contributed by atoms with Crippen molar-refractivity contribution in [3.63, 3.8) is 0 Å². The predicted molar refractivity (Wildman–Crippen MR) is 106 cm³/mol. The number of ether oxygens (including phenoxy) is 1. The zero-order chi connectivity index (χ0) is 18.9. The molecule has 0 bridgehead atoms. The first-order chi connectivity index (χ1) is 12.9. The number of hydrogen-bond acceptors (Lipinski definition) is 4. The van der Waals surface area contributed by atoms with Gasteiger partial charge in [0.05, 0.1) is 12.8 Å². The van der Waals surface area contributed by atoms with Gasteiger partial charge in [-0.1, -0.05) is 48.5 Å². The normalized spacial score (nSPS) is 24.2. The fourth-order valence-corrected chi connectivity index (χ4v) is 5.02. The molecule has 4 rings (SSSR count). The van der Waals surface area contributed by atoms with Crippen LogP contribution in [0.3, 0.4) is 0 Å². The van der Waals surface area contributed by atoms with Gasteiger partial charge in [-0.25, -0.2) is 8.42 Å². The molecule has 0 aromatic heterocycles. The van der Waals surface area contributed by atoms with Crippen LogP contribution in [0.4, 0.5) is 0 Å². The number of fused-ring (bicyclic) bond motifs is 1. The molecule has 144 valence electrons. The highest BCUT2D eigenvalue weighted by Gasteiger charge is 2.43. The second-order valence-electron chi connectivity index (χ2n) is 7.72. The van der Waals surface area contributed by atoms with Crippen LogP contribution < -0.4 is 4.74 Å². The lowest BCUT2D eigenvalue weighted by Gasteiger charge is -2.43. The fourth-order valence-electron chi connectivity index (χ4n) is 4.18. The van der Waals surface area contributed by atoms with Gasteiger partial charge < -0.3 is 4.74 Å². The first-order valence-electron chi connectivity index (χ1n) is 9.42. The Morgan fingerprint density at radius 2 is 1.78 bits per heavy atom. The Balaban J connectivity index is 1.63. The van der Waals surface area contributed by atoms with Crippen LogP contribution in [0.2, 0.25) is 0 Å². The molecule has 2 aliphatic heterocycles. The maximum atomic E-state index is 12.4. The number of rotatable bonds is 3. The van der Waals surface area contributed by atoms with Gasteiger partial charge in [0, 0.05) is 25.2 Å². The van der Waals surface area contributed by atoms with Gasteiger partial charge in [0.1, 0.15) is 11.4 Å². The van der Waals surface area contributed by atoms with E-state index in [1.54, 1.807) is 4.31 Å². The van der Waals surface area contributed by atoms with E-state index in [9.17, 15) is 8.42 Å². The number of hydrogen-bond donors (Lipinski definition) is 0. The van der Waals surface area contributed by atoms with Crippen molar-refractivity contribution in [2.75, 3.05) is 25.9 Å². The minimum atomic E-state index is -3.31. The van der Waals surface area contributed by atoms with Crippen molar-refractivity contribution < 1.29 is 13.2 Å². The smallest absolute Gasteiger partial charge is 0.211 e. The molecule has 1 spiro atoms. The highest BCUT2D eigenvalue weighted by molar-refractivity contribution is 7.88. The SMILES string of the molecule is CS(=O)(=O)N1Cc2ccccc2OC2(CCCN(Cc3ccccc3)C2)C1. The van der Waals surface area contributed by atoms with E-state index in [4.69, 9.17) is 4.74 Å². The monoisotopic (exact) mass is 386 g/mol. The zero-order valence-corrected chi connectivity index (χ0v) is 16.5. The summed E-state index contributed by atoms with van der Waals surface area (Å²) >= 11 is 0. The summed E-state index contributed by atoms with van der Waals surface area (Å²) in [6, 6.07) is 18.2. The van der Waals surface area contributed by atoms with Crippen molar-refractivity contribution in [3.05, 3.63) is 65.7 Å². The number of benzene rings is 2. The number of para-hydroxylation sites is 1. The summed E-state index contributed by atoms with van der Waals surface area (Å²) in [5.41, 5.74) is 1.69. The quantitative estimate of drug-likeness (QED) is 0.814. The Morgan fingerprint density at radius 3 is 2.56 bits per heavy atom. The van der Waals surface area contributed by atoms with Crippen LogP contribution in [0.25, 0.3) is 0 Å². The number of sulfonamides is 1. The molecule has 5 nitrogen and oxygen atoms in total. The molecule has 27 heavy (non-hydrogen) atoms. The van der Waals surface area contributed by atoms with E-state index >= 15 is 0 Å². The highest BCUT2D eigenvalue weighted by Crippen LogP contribution is 2.35. The third-order valence-corrected chi connectivity index (χ3v) is 6.64. The lowest BCUT2D eigenvalue weighted by molar-refractivity contribution is -0.0179. The minimum Gasteiger partial charge on any atom is -0.484 e. The summed E-state index contributed by atoms with van der Waals surface area (Å²) in [6.45, 7) is 3.34. The van der Waals surface area contributed by atoms with Gasteiger partial charge in [-0.05, 0) is 31.0 Å². The van der Waals surface area contributed by atoms with Crippen LogP contribution in [0.5, 0.6) is 5.75 Å². The van der Waals surface area contributed by atoms with Crippen molar-refractivity contribution in [1.82, 2.24) is 9.21 Å². The van der Waals surface area contributed by atoms with Gasteiger partial charge in [0.2, 0.25) is 10.0 Å². The average Bonchev–Trinajstić information content (AvgIpc) is 2.79. The second kappa shape index (κ2) is 7.26. The Kier molecular flexibility index (Phi) is 4.97. The zero-order valence-electron chi connectivity index (χ0n) is 15.7. The maximum Gasteiger partial charge on any atom is 0.211 e. The summed E-state index contributed by atoms with van der Waals surface area (Å²) in [5, 5.41) is 0. The van der Waals surface area contributed by atoms with Gasteiger partial charge in [-0.3, -0.25) is 4.90 Å². The molecule has 0 N–H and O–H groups in total. The third kappa shape index (κ3) is 4.18. The van der Waals surface area contributed by atoms with Gasteiger partial charge >= 0.3 is 0 Å². The van der Waals surface area contributed by atoms with Crippen LogP contribution in [0.15, 0.2) is 54.6 Å². The molecule has 1 atom stereocenters. The van der Waals surface area contributed by atoms with Crippen molar-refractivity contribution >= 4 is 10.0 Å². The largest absolute Gasteiger partial charge is 0.484 e. The predicted octanol–water partition coefficient (Wildman–Crippen LogP) is 2.88. The minimum absolute atomic E-state index is 0.370. The van der Waals surface area contributed by atoms with Crippen LogP contribution in [0.1, 0.15) is 24.0 Å². The topological polar surface area (TPSA) is 49.9 Å². The van der Waals surface area contributed by atoms with E-state index in [2.05, 4.69) is 29.2 Å². The summed E-state index contributed by atoms with van der Waals surface area (Å²) in [4.78, 5) is 2.38. The van der Waals surface area contributed by atoms with Crippen molar-refractivity contribution in [2.45, 2.75) is 31.5 Å². The van der Waals surface area contributed by atoms with Crippen LogP contribution in [-0.4, -0.2) is 49.1 Å².